The number of methoxy groups -OCH3 is 1. The van der Waals surface area contributed by atoms with E-state index in [1.807, 2.05) is 45.3 Å². The minimum Gasteiger partial charge on any atom is -0.496 e. The van der Waals surface area contributed by atoms with E-state index in [4.69, 9.17) is 9.47 Å². The lowest BCUT2D eigenvalue weighted by molar-refractivity contribution is 0.0941. The molecular formula is C19H25N3O3. The molecule has 0 saturated heterocycles. The number of hydrogen-bond donors (Lipinski definition) is 1. The van der Waals surface area contributed by atoms with Gasteiger partial charge in [0.2, 0.25) is 5.88 Å². The Morgan fingerprint density at radius 2 is 2.00 bits per heavy atom. The third-order valence-electron chi connectivity index (χ3n) is 3.87. The molecule has 0 radical (unpaired) electrons. The second kappa shape index (κ2) is 9.03. The Labute approximate surface area is 148 Å². The monoisotopic (exact) mass is 343 g/mol. The maximum absolute atomic E-state index is 12.4. The number of carbonyl (C=O) groups is 1. The standard InChI is InChI=1S/C19H25N3O3/c1-5-25-18-11-10-14(12-20-18)19(23)21-13-16(22(2)3)15-8-6-7-9-17(15)24-4/h6-12,16H,5,13H2,1-4H3,(H,21,23). The molecule has 2 rings (SSSR count). The van der Waals surface area contributed by atoms with E-state index in [9.17, 15) is 4.79 Å². The molecule has 1 amide bonds. The van der Waals surface area contributed by atoms with E-state index in [1.54, 1.807) is 19.2 Å². The second-order valence-corrected chi connectivity index (χ2v) is 5.75. The Kier molecular flexibility index (Phi) is 6.77. The van der Waals surface area contributed by atoms with Gasteiger partial charge in [-0.1, -0.05) is 18.2 Å². The first kappa shape index (κ1) is 18.7. The van der Waals surface area contributed by atoms with Gasteiger partial charge in [-0.3, -0.25) is 4.79 Å². The number of rotatable bonds is 8. The van der Waals surface area contributed by atoms with E-state index in [2.05, 4.69) is 15.2 Å². The van der Waals surface area contributed by atoms with Gasteiger partial charge in [-0.2, -0.15) is 0 Å². The quantitative estimate of drug-likeness (QED) is 0.798. The molecule has 6 nitrogen and oxygen atoms in total. The normalized spacial score (nSPS) is 11.9. The van der Waals surface area contributed by atoms with Crippen molar-refractivity contribution in [2.24, 2.45) is 0 Å². The van der Waals surface area contributed by atoms with Gasteiger partial charge in [0, 0.05) is 24.4 Å². The Bertz CT molecular complexity index is 687. The molecule has 0 spiro atoms. The third-order valence-corrected chi connectivity index (χ3v) is 3.87. The van der Waals surface area contributed by atoms with E-state index in [-0.39, 0.29) is 11.9 Å². The van der Waals surface area contributed by atoms with E-state index >= 15 is 0 Å². The van der Waals surface area contributed by atoms with Crippen LogP contribution in [0.15, 0.2) is 42.6 Å². The van der Waals surface area contributed by atoms with E-state index in [0.29, 0.717) is 24.6 Å². The summed E-state index contributed by atoms with van der Waals surface area (Å²) < 4.78 is 10.7. The van der Waals surface area contributed by atoms with Gasteiger partial charge >= 0.3 is 0 Å². The highest BCUT2D eigenvalue weighted by Crippen LogP contribution is 2.27. The number of nitrogens with one attached hydrogen (secondary N) is 1. The van der Waals surface area contributed by atoms with Gasteiger partial charge in [0.25, 0.3) is 5.91 Å². The van der Waals surface area contributed by atoms with Crippen molar-refractivity contribution in [1.29, 1.82) is 0 Å². The third kappa shape index (κ3) is 4.93. The summed E-state index contributed by atoms with van der Waals surface area (Å²) in [5.74, 6) is 1.15. The van der Waals surface area contributed by atoms with Gasteiger partial charge in [0.05, 0.1) is 25.3 Å². The summed E-state index contributed by atoms with van der Waals surface area (Å²) in [5, 5.41) is 2.96. The number of aromatic nitrogens is 1. The molecule has 1 aromatic carbocycles. The smallest absolute Gasteiger partial charge is 0.252 e. The van der Waals surface area contributed by atoms with Crippen LogP contribution >= 0.6 is 0 Å². The molecule has 1 unspecified atom stereocenters. The second-order valence-electron chi connectivity index (χ2n) is 5.75. The van der Waals surface area contributed by atoms with Crippen molar-refractivity contribution in [2.75, 3.05) is 34.4 Å². The fourth-order valence-electron chi connectivity index (χ4n) is 2.55. The molecule has 25 heavy (non-hydrogen) atoms. The summed E-state index contributed by atoms with van der Waals surface area (Å²) in [6.07, 6.45) is 1.52. The zero-order chi connectivity index (χ0) is 18.2. The van der Waals surface area contributed by atoms with E-state index in [1.165, 1.54) is 6.20 Å². The van der Waals surface area contributed by atoms with Crippen molar-refractivity contribution in [1.82, 2.24) is 15.2 Å². The molecule has 2 aromatic rings. The molecule has 1 atom stereocenters. The minimum atomic E-state index is -0.169. The van der Waals surface area contributed by atoms with Gasteiger partial charge in [-0.25, -0.2) is 4.98 Å². The maximum Gasteiger partial charge on any atom is 0.252 e. The molecule has 6 heteroatoms. The van der Waals surface area contributed by atoms with Gasteiger partial charge in [0.1, 0.15) is 5.75 Å². The highest BCUT2D eigenvalue weighted by molar-refractivity contribution is 5.93. The van der Waals surface area contributed by atoms with Crippen LogP contribution in [0, 0.1) is 0 Å². The molecule has 0 bridgehead atoms. The van der Waals surface area contributed by atoms with Crippen molar-refractivity contribution in [2.45, 2.75) is 13.0 Å². The first-order valence-electron chi connectivity index (χ1n) is 8.23. The summed E-state index contributed by atoms with van der Waals surface area (Å²) in [4.78, 5) is 18.6. The summed E-state index contributed by atoms with van der Waals surface area (Å²) in [6.45, 7) is 2.89. The Hall–Kier alpha value is -2.60. The number of nitrogens with zero attached hydrogens (tertiary/aromatic N) is 2. The summed E-state index contributed by atoms with van der Waals surface area (Å²) in [7, 11) is 5.60. The first-order valence-corrected chi connectivity index (χ1v) is 8.23. The predicted octanol–water partition coefficient (Wildman–Crippen LogP) is 2.52. The highest BCUT2D eigenvalue weighted by Gasteiger charge is 2.19. The molecule has 0 fully saturated rings. The van der Waals surface area contributed by atoms with E-state index < -0.39 is 0 Å². The molecule has 134 valence electrons. The van der Waals surface area contributed by atoms with Crippen LogP contribution in [0.1, 0.15) is 28.9 Å². The molecule has 0 aliphatic rings. The topological polar surface area (TPSA) is 63.7 Å². The number of likely N-dealkylation sites (N-methyl/N-ethyl adjacent to an activating group) is 1. The SMILES string of the molecule is CCOc1ccc(C(=O)NCC(c2ccccc2OC)N(C)C)cn1. The van der Waals surface area contributed by atoms with E-state index in [0.717, 1.165) is 11.3 Å². The highest BCUT2D eigenvalue weighted by atomic mass is 16.5. The Morgan fingerprint density at radius 1 is 1.24 bits per heavy atom. The molecule has 0 saturated carbocycles. The van der Waals surface area contributed by atoms with Crippen LogP contribution in [0.3, 0.4) is 0 Å². The molecule has 0 aliphatic carbocycles. The Morgan fingerprint density at radius 3 is 2.60 bits per heavy atom. The fourth-order valence-corrected chi connectivity index (χ4v) is 2.55. The first-order chi connectivity index (χ1) is 12.1. The summed E-state index contributed by atoms with van der Waals surface area (Å²) >= 11 is 0. The van der Waals surface area contributed by atoms with Crippen LogP contribution in [0.2, 0.25) is 0 Å². The van der Waals surface area contributed by atoms with Crippen molar-refractivity contribution in [3.05, 3.63) is 53.7 Å². The average Bonchev–Trinajstić information content (AvgIpc) is 2.62. The molecular weight excluding hydrogens is 318 g/mol. The number of amides is 1. The number of hydrogen-bond acceptors (Lipinski definition) is 5. The van der Waals surface area contributed by atoms with Crippen molar-refractivity contribution in [3.63, 3.8) is 0 Å². The largest absolute Gasteiger partial charge is 0.496 e. The average molecular weight is 343 g/mol. The zero-order valence-electron chi connectivity index (χ0n) is 15.2. The lowest BCUT2D eigenvalue weighted by Gasteiger charge is -2.26. The van der Waals surface area contributed by atoms with Crippen molar-refractivity contribution < 1.29 is 14.3 Å². The van der Waals surface area contributed by atoms with Gasteiger partial charge in [0.15, 0.2) is 0 Å². The van der Waals surface area contributed by atoms with Crippen LogP contribution in [0.25, 0.3) is 0 Å². The lowest BCUT2D eigenvalue weighted by Crippen LogP contribution is -2.34. The Balaban J connectivity index is 2.06. The lowest BCUT2D eigenvalue weighted by atomic mass is 10.0. The maximum atomic E-state index is 12.4. The van der Waals surface area contributed by atoms with Crippen LogP contribution in [-0.2, 0) is 0 Å². The molecule has 1 aromatic heterocycles. The fraction of sp³-hybridized carbons (Fsp3) is 0.368. The molecule has 1 N–H and O–H groups in total. The van der Waals surface area contributed by atoms with Gasteiger partial charge in [-0.15, -0.1) is 0 Å². The summed E-state index contributed by atoms with van der Waals surface area (Å²) in [5.41, 5.74) is 1.53. The van der Waals surface area contributed by atoms with Crippen LogP contribution in [0.5, 0.6) is 11.6 Å². The minimum absolute atomic E-state index is 0.00393. The number of pyridine rings is 1. The van der Waals surface area contributed by atoms with Gasteiger partial charge < -0.3 is 19.7 Å². The molecule has 1 heterocycles. The molecule has 0 aliphatic heterocycles. The predicted molar refractivity (Wildman–Crippen MR) is 97.2 cm³/mol. The summed E-state index contributed by atoms with van der Waals surface area (Å²) in [6, 6.07) is 11.2. The van der Waals surface area contributed by atoms with Crippen LogP contribution in [-0.4, -0.2) is 50.1 Å². The van der Waals surface area contributed by atoms with Crippen molar-refractivity contribution in [3.8, 4) is 11.6 Å². The van der Waals surface area contributed by atoms with Gasteiger partial charge in [-0.05, 0) is 33.2 Å². The number of para-hydroxylation sites is 1. The number of benzene rings is 1. The number of ether oxygens (including phenoxy) is 2. The van der Waals surface area contributed by atoms with Crippen molar-refractivity contribution >= 4 is 5.91 Å². The van der Waals surface area contributed by atoms with Crippen LogP contribution in [0.4, 0.5) is 0 Å². The number of carbonyl (C=O) groups excluding carboxylic acids is 1. The van der Waals surface area contributed by atoms with Crippen LogP contribution < -0.4 is 14.8 Å². The zero-order valence-corrected chi connectivity index (χ0v) is 15.2.